The minimum Gasteiger partial charge on any atom is -0.496 e. The number of rotatable bonds is 6. The van der Waals surface area contributed by atoms with E-state index in [-0.39, 0.29) is 5.78 Å². The van der Waals surface area contributed by atoms with Gasteiger partial charge in [-0.2, -0.15) is 0 Å². The van der Waals surface area contributed by atoms with E-state index in [2.05, 4.69) is 12.1 Å². The summed E-state index contributed by atoms with van der Waals surface area (Å²) < 4.78 is 5.49. The molecule has 1 fully saturated rings. The molecule has 26 heavy (non-hydrogen) atoms. The monoisotopic (exact) mass is 374 g/mol. The van der Waals surface area contributed by atoms with E-state index >= 15 is 0 Å². The summed E-state index contributed by atoms with van der Waals surface area (Å²) in [6.45, 7) is 8.09. The third kappa shape index (κ3) is 4.85. The van der Waals surface area contributed by atoms with Gasteiger partial charge in [0.1, 0.15) is 45.0 Å². The lowest BCUT2D eigenvalue weighted by atomic mass is 10.1. The second kappa shape index (κ2) is 8.67. The van der Waals surface area contributed by atoms with Gasteiger partial charge in [-0.15, -0.1) is 0 Å². The number of quaternary nitrogens is 2. The summed E-state index contributed by atoms with van der Waals surface area (Å²) in [5.74, 6) is 0.972. The Balaban J connectivity index is 1.57. The van der Waals surface area contributed by atoms with Gasteiger partial charge < -0.3 is 14.5 Å². The van der Waals surface area contributed by atoms with Crippen LogP contribution in [-0.2, 0) is 13.1 Å². The van der Waals surface area contributed by atoms with Gasteiger partial charge in [-0.1, -0.05) is 23.7 Å². The van der Waals surface area contributed by atoms with Crippen molar-refractivity contribution in [2.75, 3.05) is 33.3 Å². The predicted octanol–water partition coefficient (Wildman–Crippen LogP) is 1.03. The Bertz CT molecular complexity index is 753. The Hall–Kier alpha value is -1.88. The van der Waals surface area contributed by atoms with E-state index in [0.717, 1.165) is 61.2 Å². The molecule has 0 aliphatic carbocycles. The standard InChI is InChI=1S/C21H25ClN2O2/c1-16(25)18-5-8-21(26-2)19(13-18)15-24-11-9-23(10-12-24)14-17-3-6-20(22)7-4-17/h3-8,13H,9-12,14-15H2,1-2H3/p+2. The predicted molar refractivity (Wildman–Crippen MR) is 103 cm³/mol. The fourth-order valence-corrected chi connectivity index (χ4v) is 3.73. The van der Waals surface area contributed by atoms with E-state index in [1.54, 1.807) is 23.8 Å². The topological polar surface area (TPSA) is 35.2 Å². The molecule has 2 N–H and O–H groups in total. The van der Waals surface area contributed by atoms with Gasteiger partial charge in [0.25, 0.3) is 0 Å². The van der Waals surface area contributed by atoms with Gasteiger partial charge in [-0.05, 0) is 37.3 Å². The average molecular weight is 375 g/mol. The lowest BCUT2D eigenvalue weighted by Crippen LogP contribution is -3.27. The van der Waals surface area contributed by atoms with Crippen LogP contribution in [0.2, 0.25) is 5.02 Å². The maximum atomic E-state index is 11.7. The fraction of sp³-hybridized carbons (Fsp3) is 0.381. The lowest BCUT2D eigenvalue weighted by molar-refractivity contribution is -1.02. The third-order valence-electron chi connectivity index (χ3n) is 5.16. The van der Waals surface area contributed by atoms with E-state index in [9.17, 15) is 4.79 Å². The highest BCUT2D eigenvalue weighted by molar-refractivity contribution is 6.30. The molecule has 4 nitrogen and oxygen atoms in total. The van der Waals surface area contributed by atoms with E-state index in [0.29, 0.717) is 0 Å². The fourth-order valence-electron chi connectivity index (χ4n) is 3.61. The highest BCUT2D eigenvalue weighted by Gasteiger charge is 2.24. The van der Waals surface area contributed by atoms with Crippen molar-refractivity contribution >= 4 is 17.4 Å². The summed E-state index contributed by atoms with van der Waals surface area (Å²) in [6.07, 6.45) is 0. The van der Waals surface area contributed by atoms with E-state index in [4.69, 9.17) is 16.3 Å². The number of hydrogen-bond donors (Lipinski definition) is 2. The molecule has 0 atom stereocenters. The number of carbonyl (C=O) groups is 1. The molecule has 0 radical (unpaired) electrons. The van der Waals surface area contributed by atoms with E-state index in [1.165, 1.54) is 5.56 Å². The number of piperazine rings is 1. The molecule has 1 heterocycles. The summed E-state index contributed by atoms with van der Waals surface area (Å²) in [4.78, 5) is 14.8. The molecule has 2 aromatic carbocycles. The van der Waals surface area contributed by atoms with Crippen molar-refractivity contribution in [2.24, 2.45) is 0 Å². The summed E-state index contributed by atoms with van der Waals surface area (Å²) >= 11 is 5.96. The summed E-state index contributed by atoms with van der Waals surface area (Å²) in [7, 11) is 1.69. The third-order valence-corrected chi connectivity index (χ3v) is 5.41. The number of hydrogen-bond acceptors (Lipinski definition) is 2. The first-order valence-electron chi connectivity index (χ1n) is 9.14. The van der Waals surface area contributed by atoms with Crippen molar-refractivity contribution in [1.82, 2.24) is 0 Å². The molecule has 0 spiro atoms. The molecule has 0 amide bonds. The SMILES string of the molecule is COc1ccc(C(C)=O)cc1C[NH+]1CC[NH+](Cc2ccc(Cl)cc2)CC1. The molecule has 0 saturated carbocycles. The molecule has 0 bridgehead atoms. The van der Waals surface area contributed by atoms with Crippen molar-refractivity contribution in [3.63, 3.8) is 0 Å². The zero-order valence-corrected chi connectivity index (χ0v) is 16.2. The van der Waals surface area contributed by atoms with Gasteiger partial charge >= 0.3 is 0 Å². The van der Waals surface area contributed by atoms with Gasteiger partial charge in [-0.25, -0.2) is 0 Å². The molecule has 1 saturated heterocycles. The first-order valence-corrected chi connectivity index (χ1v) is 9.52. The number of nitrogens with one attached hydrogen (secondary N) is 2. The molecule has 0 unspecified atom stereocenters. The summed E-state index contributed by atoms with van der Waals surface area (Å²) in [5, 5.41) is 0.791. The van der Waals surface area contributed by atoms with Gasteiger partial charge in [0, 0.05) is 21.7 Å². The number of ether oxygens (including phenoxy) is 1. The van der Waals surface area contributed by atoms with E-state index < -0.39 is 0 Å². The molecule has 3 rings (SSSR count). The minimum atomic E-state index is 0.0983. The van der Waals surface area contributed by atoms with Crippen LogP contribution >= 0.6 is 11.6 Å². The number of carbonyl (C=O) groups excluding carboxylic acids is 1. The van der Waals surface area contributed by atoms with Gasteiger partial charge in [0.15, 0.2) is 5.78 Å². The van der Waals surface area contributed by atoms with Crippen molar-refractivity contribution < 1.29 is 19.3 Å². The first kappa shape index (κ1) is 18.9. The van der Waals surface area contributed by atoms with Crippen molar-refractivity contribution in [1.29, 1.82) is 0 Å². The average Bonchev–Trinajstić information content (AvgIpc) is 2.65. The molecule has 138 valence electrons. The van der Waals surface area contributed by atoms with Crippen LogP contribution in [0, 0.1) is 0 Å². The van der Waals surface area contributed by atoms with Crippen LogP contribution < -0.4 is 14.5 Å². The first-order chi connectivity index (χ1) is 12.5. The smallest absolute Gasteiger partial charge is 0.159 e. The number of halogens is 1. The van der Waals surface area contributed by atoms with Crippen LogP contribution in [0.25, 0.3) is 0 Å². The summed E-state index contributed by atoms with van der Waals surface area (Å²) in [6, 6.07) is 13.9. The second-order valence-corrected chi connectivity index (χ2v) is 7.50. The molecular weight excluding hydrogens is 348 g/mol. The zero-order valence-electron chi connectivity index (χ0n) is 15.5. The van der Waals surface area contributed by atoms with Crippen LogP contribution in [0.1, 0.15) is 28.4 Å². The lowest BCUT2D eigenvalue weighted by Gasteiger charge is -2.30. The summed E-state index contributed by atoms with van der Waals surface area (Å²) in [5.41, 5.74) is 3.22. The van der Waals surface area contributed by atoms with Crippen LogP contribution in [0.4, 0.5) is 0 Å². The number of Topliss-reactive ketones (excluding diaryl/α,β-unsaturated/α-hetero) is 1. The Kier molecular flexibility index (Phi) is 6.30. The Morgan fingerprint density at radius 1 is 1.00 bits per heavy atom. The molecule has 2 aromatic rings. The normalized spacial score (nSPS) is 20.0. The van der Waals surface area contributed by atoms with Crippen molar-refractivity contribution in [3.8, 4) is 5.75 Å². The zero-order chi connectivity index (χ0) is 18.5. The number of benzene rings is 2. The van der Waals surface area contributed by atoms with E-state index in [1.807, 2.05) is 30.3 Å². The van der Waals surface area contributed by atoms with Crippen LogP contribution in [-0.4, -0.2) is 39.1 Å². The number of methoxy groups -OCH3 is 1. The molecular formula is C21H27ClN2O2+2. The highest BCUT2D eigenvalue weighted by Crippen LogP contribution is 2.19. The van der Waals surface area contributed by atoms with Gasteiger partial charge in [0.05, 0.1) is 7.11 Å². The van der Waals surface area contributed by atoms with Crippen LogP contribution in [0.15, 0.2) is 42.5 Å². The van der Waals surface area contributed by atoms with Crippen molar-refractivity contribution in [2.45, 2.75) is 20.0 Å². The van der Waals surface area contributed by atoms with Gasteiger partial charge in [0.2, 0.25) is 0 Å². The molecule has 5 heteroatoms. The highest BCUT2D eigenvalue weighted by atomic mass is 35.5. The Morgan fingerprint density at radius 2 is 1.62 bits per heavy atom. The Labute approximate surface area is 160 Å². The van der Waals surface area contributed by atoms with Crippen LogP contribution in [0.5, 0.6) is 5.75 Å². The maximum Gasteiger partial charge on any atom is 0.159 e. The number of ketones is 1. The van der Waals surface area contributed by atoms with Crippen molar-refractivity contribution in [3.05, 3.63) is 64.2 Å². The molecule has 1 aliphatic heterocycles. The molecule has 0 aromatic heterocycles. The largest absolute Gasteiger partial charge is 0.496 e. The van der Waals surface area contributed by atoms with Crippen LogP contribution in [0.3, 0.4) is 0 Å². The maximum absolute atomic E-state index is 11.7. The van der Waals surface area contributed by atoms with Gasteiger partial charge in [-0.3, -0.25) is 4.79 Å². The minimum absolute atomic E-state index is 0.0983. The quantitative estimate of drug-likeness (QED) is 0.741. The molecule has 1 aliphatic rings. The second-order valence-electron chi connectivity index (χ2n) is 7.06. The Morgan fingerprint density at radius 3 is 2.19 bits per heavy atom.